The van der Waals surface area contributed by atoms with Crippen molar-refractivity contribution in [2.75, 3.05) is 0 Å². The molecule has 0 fully saturated rings. The zero-order valence-corrected chi connectivity index (χ0v) is 9.84. The Hall–Kier alpha value is -1.83. The first-order valence-electron chi connectivity index (χ1n) is 6.21. The maximum Gasteiger partial charge on any atom is 0.0992 e. The van der Waals surface area contributed by atoms with E-state index in [-0.39, 0.29) is 0 Å². The summed E-state index contributed by atoms with van der Waals surface area (Å²) in [6, 6.07) is 10.4. The minimum Gasteiger partial charge on any atom is -0.310 e. The number of hydrogen-bond donors (Lipinski definition) is 0. The van der Waals surface area contributed by atoms with Gasteiger partial charge < -0.3 is 4.57 Å². The summed E-state index contributed by atoms with van der Waals surface area (Å²) in [6.45, 7) is 0. The molecule has 0 unspecified atom stereocenters. The molecule has 2 heteroatoms. The average molecular weight is 224 g/mol. The van der Waals surface area contributed by atoms with Crippen molar-refractivity contribution in [3.05, 3.63) is 53.6 Å². The minimum atomic E-state index is 1.14. The first-order chi connectivity index (χ1) is 8.43. The van der Waals surface area contributed by atoms with E-state index in [2.05, 4.69) is 46.1 Å². The van der Waals surface area contributed by atoms with E-state index >= 15 is 0 Å². The summed E-state index contributed by atoms with van der Waals surface area (Å²) in [5, 5.41) is 0. The number of imidazole rings is 1. The van der Waals surface area contributed by atoms with Gasteiger partial charge in [-0.1, -0.05) is 30.3 Å². The third-order valence-electron chi connectivity index (χ3n) is 3.29. The molecule has 0 saturated carbocycles. The molecule has 1 aromatic heterocycles. The van der Waals surface area contributed by atoms with Crippen molar-refractivity contribution in [3.8, 4) is 0 Å². The number of hydrogen-bond acceptors (Lipinski definition) is 1. The summed E-state index contributed by atoms with van der Waals surface area (Å²) < 4.78 is 2.17. The molecular formula is C15H16N2. The Morgan fingerprint density at radius 2 is 1.88 bits per heavy atom. The van der Waals surface area contributed by atoms with Gasteiger partial charge in [0.25, 0.3) is 0 Å². The van der Waals surface area contributed by atoms with Crippen LogP contribution in [0.15, 0.2) is 36.7 Å². The van der Waals surface area contributed by atoms with E-state index in [1.165, 1.54) is 29.8 Å². The molecular weight excluding hydrogens is 208 g/mol. The van der Waals surface area contributed by atoms with Crippen LogP contribution in [0, 0.1) is 0 Å². The molecule has 1 heterocycles. The van der Waals surface area contributed by atoms with Gasteiger partial charge in [0.1, 0.15) is 0 Å². The van der Waals surface area contributed by atoms with Crippen LogP contribution in [0.25, 0.3) is 12.3 Å². The molecule has 1 aliphatic rings. The number of benzene rings is 1. The summed E-state index contributed by atoms with van der Waals surface area (Å²) in [5.41, 5.74) is 3.91. The fraction of sp³-hybridized carbons (Fsp3) is 0.267. The Bertz CT molecular complexity index is 523. The van der Waals surface area contributed by atoms with Crippen LogP contribution in [0.4, 0.5) is 0 Å². The highest BCUT2D eigenvalue weighted by atomic mass is 15.0. The van der Waals surface area contributed by atoms with Crippen molar-refractivity contribution >= 4 is 12.3 Å². The third kappa shape index (κ3) is 2.16. The minimum absolute atomic E-state index is 1.14. The quantitative estimate of drug-likeness (QED) is 0.764. The fourth-order valence-electron chi connectivity index (χ4n) is 2.35. The summed E-state index contributed by atoms with van der Waals surface area (Å²) in [5.74, 6) is 0. The molecule has 1 aliphatic carbocycles. The summed E-state index contributed by atoms with van der Waals surface area (Å²) in [4.78, 5) is 4.48. The Kier molecular flexibility index (Phi) is 2.78. The Morgan fingerprint density at radius 1 is 1.06 bits per heavy atom. The second-order valence-corrected chi connectivity index (χ2v) is 4.48. The number of aryl methyl sites for hydroxylation is 1. The Balaban J connectivity index is 1.86. The van der Waals surface area contributed by atoms with Crippen LogP contribution in [-0.2, 0) is 12.8 Å². The van der Waals surface area contributed by atoms with Crippen molar-refractivity contribution in [1.29, 1.82) is 0 Å². The van der Waals surface area contributed by atoms with Gasteiger partial charge in [-0.3, -0.25) is 0 Å². The molecule has 0 radical (unpaired) electrons. The molecule has 17 heavy (non-hydrogen) atoms. The van der Waals surface area contributed by atoms with E-state index in [9.17, 15) is 0 Å². The van der Waals surface area contributed by atoms with E-state index in [0.717, 1.165) is 12.8 Å². The van der Waals surface area contributed by atoms with Crippen molar-refractivity contribution in [3.63, 3.8) is 0 Å². The van der Waals surface area contributed by atoms with Gasteiger partial charge in [0, 0.05) is 11.9 Å². The lowest BCUT2D eigenvalue weighted by molar-refractivity contribution is 0.659. The second kappa shape index (κ2) is 4.58. The van der Waals surface area contributed by atoms with Crippen LogP contribution < -0.4 is 0 Å². The van der Waals surface area contributed by atoms with Gasteiger partial charge in [-0.25, -0.2) is 4.98 Å². The molecule has 2 aromatic rings. The monoisotopic (exact) mass is 224 g/mol. The zero-order valence-electron chi connectivity index (χ0n) is 9.84. The smallest absolute Gasteiger partial charge is 0.0992 e. The second-order valence-electron chi connectivity index (χ2n) is 4.48. The highest BCUT2D eigenvalue weighted by Crippen LogP contribution is 2.20. The van der Waals surface area contributed by atoms with Gasteiger partial charge in [0.05, 0.1) is 12.0 Å². The number of fused-ring (bicyclic) bond motifs is 1. The molecule has 0 bridgehead atoms. The van der Waals surface area contributed by atoms with Gasteiger partial charge in [0.2, 0.25) is 0 Å². The van der Waals surface area contributed by atoms with Crippen LogP contribution in [0.3, 0.4) is 0 Å². The molecule has 0 spiro atoms. The van der Waals surface area contributed by atoms with Gasteiger partial charge in [-0.05, 0) is 37.3 Å². The van der Waals surface area contributed by atoms with Gasteiger partial charge in [-0.15, -0.1) is 0 Å². The first kappa shape index (κ1) is 10.3. The predicted molar refractivity (Wildman–Crippen MR) is 70.5 cm³/mol. The molecule has 86 valence electrons. The van der Waals surface area contributed by atoms with Crippen molar-refractivity contribution in [1.82, 2.24) is 9.55 Å². The SMILES string of the molecule is C(=C\n1cnc2c1CCCC2)/c1ccccc1. The molecule has 0 atom stereocenters. The normalized spacial score (nSPS) is 15.1. The molecule has 0 amide bonds. The molecule has 1 aromatic carbocycles. The third-order valence-corrected chi connectivity index (χ3v) is 3.29. The fourth-order valence-corrected chi connectivity index (χ4v) is 2.35. The highest BCUT2D eigenvalue weighted by Gasteiger charge is 2.13. The van der Waals surface area contributed by atoms with Gasteiger partial charge >= 0.3 is 0 Å². The predicted octanol–water partition coefficient (Wildman–Crippen LogP) is 3.39. The molecule has 0 aliphatic heterocycles. The lowest BCUT2D eigenvalue weighted by Crippen LogP contribution is -2.04. The largest absolute Gasteiger partial charge is 0.310 e. The van der Waals surface area contributed by atoms with Crippen LogP contribution in [0.1, 0.15) is 29.8 Å². The maximum atomic E-state index is 4.48. The van der Waals surface area contributed by atoms with Crippen LogP contribution in [0.5, 0.6) is 0 Å². The summed E-state index contributed by atoms with van der Waals surface area (Å²) in [6.07, 6.45) is 11.1. The van der Waals surface area contributed by atoms with Crippen LogP contribution in [-0.4, -0.2) is 9.55 Å². The van der Waals surface area contributed by atoms with Crippen molar-refractivity contribution < 1.29 is 0 Å². The van der Waals surface area contributed by atoms with Crippen LogP contribution >= 0.6 is 0 Å². The Morgan fingerprint density at radius 3 is 2.76 bits per heavy atom. The Labute approximate surface area is 102 Å². The number of nitrogens with zero attached hydrogens (tertiary/aromatic N) is 2. The van der Waals surface area contributed by atoms with Gasteiger partial charge in [-0.2, -0.15) is 0 Å². The standard InChI is InChI=1S/C15H16N2/c1-2-6-13(7-3-1)10-11-17-12-16-14-8-4-5-9-15(14)17/h1-3,6-7,10-12H,4-5,8-9H2/b11-10+. The summed E-state index contributed by atoms with van der Waals surface area (Å²) in [7, 11) is 0. The molecule has 0 saturated heterocycles. The lowest BCUT2D eigenvalue weighted by atomic mass is 10.0. The maximum absolute atomic E-state index is 4.48. The zero-order chi connectivity index (χ0) is 11.5. The molecule has 0 N–H and O–H groups in total. The van der Waals surface area contributed by atoms with E-state index in [4.69, 9.17) is 0 Å². The molecule has 3 rings (SSSR count). The number of aromatic nitrogens is 2. The first-order valence-corrected chi connectivity index (χ1v) is 6.21. The molecule has 2 nitrogen and oxygen atoms in total. The highest BCUT2D eigenvalue weighted by molar-refractivity contribution is 5.60. The van der Waals surface area contributed by atoms with Crippen molar-refractivity contribution in [2.24, 2.45) is 0 Å². The van der Waals surface area contributed by atoms with E-state index in [1.807, 2.05) is 12.4 Å². The van der Waals surface area contributed by atoms with Crippen molar-refractivity contribution in [2.45, 2.75) is 25.7 Å². The number of rotatable bonds is 2. The van der Waals surface area contributed by atoms with Crippen LogP contribution in [0.2, 0.25) is 0 Å². The average Bonchev–Trinajstić information content (AvgIpc) is 2.81. The van der Waals surface area contributed by atoms with E-state index < -0.39 is 0 Å². The summed E-state index contributed by atoms with van der Waals surface area (Å²) >= 11 is 0. The lowest BCUT2D eigenvalue weighted by Gasteiger charge is -2.11. The topological polar surface area (TPSA) is 17.8 Å². The van der Waals surface area contributed by atoms with Gasteiger partial charge in [0.15, 0.2) is 0 Å². The van der Waals surface area contributed by atoms with E-state index in [0.29, 0.717) is 0 Å². The van der Waals surface area contributed by atoms with E-state index in [1.54, 1.807) is 0 Å².